The van der Waals surface area contributed by atoms with Gasteiger partial charge in [-0.2, -0.15) is 4.57 Å². The summed E-state index contributed by atoms with van der Waals surface area (Å²) in [4.78, 5) is 0. The van der Waals surface area contributed by atoms with Crippen LogP contribution < -0.4 is 33.3 Å². The Balaban J connectivity index is 0.00000182. The van der Waals surface area contributed by atoms with Crippen molar-refractivity contribution in [2.45, 2.75) is 13.8 Å². The Morgan fingerprint density at radius 3 is 2.32 bits per heavy atom. The second kappa shape index (κ2) is 7.40. The highest BCUT2D eigenvalue weighted by molar-refractivity contribution is 6.05. The van der Waals surface area contributed by atoms with Crippen molar-refractivity contribution in [3.05, 3.63) is 78.5 Å². The summed E-state index contributed by atoms with van der Waals surface area (Å²) in [6.45, 7) is 4.83. The van der Waals surface area contributed by atoms with Crippen LogP contribution in [0.3, 0.4) is 0 Å². The molecule has 3 heteroatoms. The predicted octanol–water partition coefficient (Wildman–Crippen LogP) is 1.98. The number of benzene rings is 3. The fourth-order valence-corrected chi connectivity index (χ4v) is 3.32. The van der Waals surface area contributed by atoms with Crippen LogP contribution in [0.1, 0.15) is 12.6 Å². The summed E-state index contributed by atoms with van der Waals surface area (Å²) in [6, 6.07) is 25.7. The highest BCUT2D eigenvalue weighted by Crippen LogP contribution is 2.24. The van der Waals surface area contributed by atoms with Crippen molar-refractivity contribution >= 4 is 21.7 Å². The van der Waals surface area contributed by atoms with Crippen molar-refractivity contribution in [1.29, 1.82) is 0 Å². The summed E-state index contributed by atoms with van der Waals surface area (Å²) < 4.78 is 7.87. The summed E-state index contributed by atoms with van der Waals surface area (Å²) in [6.07, 6.45) is 0. The number of nitrogens with zero attached hydrogens (tertiary/aromatic N) is 1. The minimum absolute atomic E-state index is 0. The van der Waals surface area contributed by atoms with Gasteiger partial charge in [0.15, 0.2) is 5.69 Å². The van der Waals surface area contributed by atoms with Crippen molar-refractivity contribution in [3.8, 4) is 11.4 Å². The zero-order chi connectivity index (χ0) is 16.5. The molecular weight excluding hydrogens is 421 g/mol. The second-order valence-electron chi connectivity index (χ2n) is 5.96. The molecule has 3 aromatic carbocycles. The number of fused-ring (bicyclic) bond motifs is 3. The highest BCUT2D eigenvalue weighted by Gasteiger charge is 2.17. The van der Waals surface area contributed by atoms with Crippen molar-refractivity contribution in [1.82, 2.24) is 0 Å². The molecule has 0 N–H and O–H groups in total. The number of halogens is 1. The Bertz CT molecular complexity index is 1030. The van der Waals surface area contributed by atoms with E-state index < -0.39 is 0 Å². The van der Waals surface area contributed by atoms with E-state index in [9.17, 15) is 0 Å². The van der Waals surface area contributed by atoms with Crippen LogP contribution in [-0.4, -0.2) is 6.61 Å². The monoisotopic (exact) mass is 441 g/mol. The minimum atomic E-state index is 0. The topological polar surface area (TPSA) is 13.1 Å². The van der Waals surface area contributed by atoms with Crippen LogP contribution >= 0.6 is 0 Å². The van der Waals surface area contributed by atoms with Crippen LogP contribution in [-0.2, 0) is 0 Å². The summed E-state index contributed by atoms with van der Waals surface area (Å²) in [7, 11) is 0. The van der Waals surface area contributed by atoms with Crippen molar-refractivity contribution in [2.24, 2.45) is 0 Å². The smallest absolute Gasteiger partial charge is 0.219 e. The Hall–Kier alpha value is -2.14. The summed E-state index contributed by atoms with van der Waals surface area (Å²) in [5, 5.41) is 3.83. The van der Waals surface area contributed by atoms with Gasteiger partial charge in [0.05, 0.1) is 12.0 Å². The van der Waals surface area contributed by atoms with Gasteiger partial charge >= 0.3 is 0 Å². The molecule has 0 unspecified atom stereocenters. The standard InChI is InChI=1S/C22H20NO.HI/c1-3-24-19-12-10-18(11-13-19)23-16(2)8-14-21-20-7-5-4-6-17(20)9-15-22(21)23;/h4-15H,3H2,1-2H3;1H/q+1;/p-1. The molecule has 0 atom stereocenters. The van der Waals surface area contributed by atoms with Gasteiger partial charge in [-0.15, -0.1) is 0 Å². The molecule has 0 aliphatic carbocycles. The number of aromatic nitrogens is 1. The maximum absolute atomic E-state index is 5.56. The number of aryl methyl sites for hydroxylation is 1. The van der Waals surface area contributed by atoms with Gasteiger partial charge in [-0.1, -0.05) is 24.3 Å². The quantitative estimate of drug-likeness (QED) is 0.269. The van der Waals surface area contributed by atoms with Gasteiger partial charge < -0.3 is 28.7 Å². The molecule has 0 saturated carbocycles. The van der Waals surface area contributed by atoms with E-state index in [0.29, 0.717) is 6.61 Å². The lowest BCUT2D eigenvalue weighted by atomic mass is 10.0. The lowest BCUT2D eigenvalue weighted by molar-refractivity contribution is -0.574. The van der Waals surface area contributed by atoms with Crippen molar-refractivity contribution < 1.29 is 33.3 Å². The number of ether oxygens (including phenoxy) is 1. The molecule has 0 amide bonds. The normalized spacial score (nSPS) is 10.6. The first-order valence-electron chi connectivity index (χ1n) is 8.34. The van der Waals surface area contributed by atoms with Crippen LogP contribution in [0.15, 0.2) is 72.8 Å². The first-order valence-corrected chi connectivity index (χ1v) is 8.34. The zero-order valence-electron chi connectivity index (χ0n) is 14.4. The summed E-state index contributed by atoms with van der Waals surface area (Å²) in [5.74, 6) is 0.908. The average molecular weight is 441 g/mol. The number of pyridine rings is 1. The van der Waals surface area contributed by atoms with E-state index in [1.165, 1.54) is 27.4 Å². The molecule has 0 aliphatic rings. The van der Waals surface area contributed by atoms with Crippen LogP contribution in [0.25, 0.3) is 27.4 Å². The van der Waals surface area contributed by atoms with Gasteiger partial charge in [0.2, 0.25) is 11.2 Å². The molecule has 1 heterocycles. The Kier molecular flexibility index (Phi) is 5.23. The van der Waals surface area contributed by atoms with E-state index in [1.807, 2.05) is 19.1 Å². The van der Waals surface area contributed by atoms with E-state index in [0.717, 1.165) is 11.4 Å². The fraction of sp³-hybridized carbons (Fsp3) is 0.136. The van der Waals surface area contributed by atoms with Crippen LogP contribution in [0.5, 0.6) is 5.75 Å². The Labute approximate surface area is 165 Å². The van der Waals surface area contributed by atoms with E-state index in [2.05, 4.69) is 72.2 Å². The molecule has 0 radical (unpaired) electrons. The van der Waals surface area contributed by atoms with Gasteiger partial charge in [0, 0.05) is 31.2 Å². The molecule has 126 valence electrons. The largest absolute Gasteiger partial charge is 1.00 e. The fourth-order valence-electron chi connectivity index (χ4n) is 3.32. The SMILES string of the molecule is CCOc1ccc(-[n+]2c(C)ccc3c4ccccc4ccc32)cc1.[I-]. The van der Waals surface area contributed by atoms with Crippen LogP contribution in [0, 0.1) is 6.92 Å². The molecule has 0 bridgehead atoms. The van der Waals surface area contributed by atoms with E-state index in [4.69, 9.17) is 4.74 Å². The molecule has 1 aromatic heterocycles. The van der Waals surface area contributed by atoms with E-state index in [-0.39, 0.29) is 24.0 Å². The molecule has 4 rings (SSSR count). The van der Waals surface area contributed by atoms with E-state index in [1.54, 1.807) is 0 Å². The minimum Gasteiger partial charge on any atom is -1.00 e. The molecular formula is C22H20INO. The van der Waals surface area contributed by atoms with Gasteiger partial charge in [0.25, 0.3) is 0 Å². The lowest BCUT2D eigenvalue weighted by Gasteiger charge is -2.08. The molecule has 0 spiro atoms. The third-order valence-corrected chi connectivity index (χ3v) is 4.44. The predicted molar refractivity (Wildman–Crippen MR) is 98.9 cm³/mol. The average Bonchev–Trinajstić information content (AvgIpc) is 2.62. The highest BCUT2D eigenvalue weighted by atomic mass is 127. The van der Waals surface area contributed by atoms with Crippen LogP contribution in [0.2, 0.25) is 0 Å². The maximum atomic E-state index is 5.56. The van der Waals surface area contributed by atoms with Crippen molar-refractivity contribution in [3.63, 3.8) is 0 Å². The Morgan fingerprint density at radius 2 is 1.56 bits per heavy atom. The molecule has 0 fully saturated rings. The van der Waals surface area contributed by atoms with Gasteiger partial charge in [-0.25, -0.2) is 0 Å². The van der Waals surface area contributed by atoms with Gasteiger partial charge in [-0.3, -0.25) is 0 Å². The van der Waals surface area contributed by atoms with Crippen LogP contribution in [0.4, 0.5) is 0 Å². The third-order valence-electron chi connectivity index (χ3n) is 4.44. The molecule has 0 aliphatic heterocycles. The first-order chi connectivity index (χ1) is 11.8. The third kappa shape index (κ3) is 3.21. The molecule has 2 nitrogen and oxygen atoms in total. The molecule has 25 heavy (non-hydrogen) atoms. The Morgan fingerprint density at radius 1 is 0.800 bits per heavy atom. The number of rotatable bonds is 3. The summed E-state index contributed by atoms with van der Waals surface area (Å²) in [5.41, 5.74) is 3.58. The maximum Gasteiger partial charge on any atom is 0.219 e. The number of hydrogen-bond donors (Lipinski definition) is 0. The zero-order valence-corrected chi connectivity index (χ0v) is 16.5. The molecule has 0 saturated heterocycles. The summed E-state index contributed by atoms with van der Waals surface area (Å²) >= 11 is 0. The lowest BCUT2D eigenvalue weighted by Crippen LogP contribution is -3.00. The molecule has 4 aromatic rings. The first kappa shape index (κ1) is 17.7. The van der Waals surface area contributed by atoms with E-state index >= 15 is 0 Å². The van der Waals surface area contributed by atoms with Gasteiger partial charge in [-0.05, 0) is 42.0 Å². The second-order valence-corrected chi connectivity index (χ2v) is 5.96. The number of hydrogen-bond acceptors (Lipinski definition) is 1. The van der Waals surface area contributed by atoms with Crippen molar-refractivity contribution in [2.75, 3.05) is 6.61 Å². The van der Waals surface area contributed by atoms with Gasteiger partial charge in [0.1, 0.15) is 5.75 Å².